The lowest BCUT2D eigenvalue weighted by Crippen LogP contribution is -2.55. The van der Waals surface area contributed by atoms with E-state index in [-0.39, 0.29) is 24.3 Å². The lowest BCUT2D eigenvalue weighted by molar-refractivity contribution is -0.144. The Balaban J connectivity index is 2.59. The molecule has 0 unspecified atom stereocenters. The van der Waals surface area contributed by atoms with E-state index in [9.17, 15) is 18.0 Å². The number of sulfonamides is 1. The Bertz CT molecular complexity index is 784. The van der Waals surface area contributed by atoms with Crippen LogP contribution >= 0.6 is 0 Å². The SMILES string of the molecule is Cc1cc(C)c(S(=O)(=O)N2CC[C@H]2C(=O)O)c(C)c1CC(=O)O. The monoisotopic (exact) mass is 341 g/mol. The zero-order valence-corrected chi connectivity index (χ0v) is 14.0. The van der Waals surface area contributed by atoms with Crippen molar-refractivity contribution < 1.29 is 28.2 Å². The predicted molar refractivity (Wildman–Crippen MR) is 81.9 cm³/mol. The molecule has 1 aliphatic rings. The molecule has 1 heterocycles. The van der Waals surface area contributed by atoms with Crippen LogP contribution in [0.2, 0.25) is 0 Å². The third-order valence-electron chi connectivity index (χ3n) is 4.21. The molecule has 0 aromatic heterocycles. The molecular weight excluding hydrogens is 322 g/mol. The standard InChI is InChI=1S/C15H19NO6S/c1-8-6-9(2)14(10(3)11(8)7-13(17)18)23(21,22)16-5-4-12(16)15(19)20/h6,12H,4-5,7H2,1-3H3,(H,17,18)(H,19,20)/t12-/m0/s1. The first kappa shape index (κ1) is 17.4. The summed E-state index contributed by atoms with van der Waals surface area (Å²) in [5.41, 5.74) is 2.03. The minimum Gasteiger partial charge on any atom is -0.481 e. The third kappa shape index (κ3) is 2.96. The first-order chi connectivity index (χ1) is 10.6. The van der Waals surface area contributed by atoms with Gasteiger partial charge >= 0.3 is 11.9 Å². The van der Waals surface area contributed by atoms with Crippen LogP contribution in [0.15, 0.2) is 11.0 Å². The van der Waals surface area contributed by atoms with Crippen molar-refractivity contribution in [1.29, 1.82) is 0 Å². The molecule has 0 aliphatic carbocycles. The largest absolute Gasteiger partial charge is 0.481 e. The van der Waals surface area contributed by atoms with Crippen molar-refractivity contribution in [2.75, 3.05) is 6.54 Å². The molecule has 7 nitrogen and oxygen atoms in total. The van der Waals surface area contributed by atoms with Gasteiger partial charge < -0.3 is 10.2 Å². The van der Waals surface area contributed by atoms with E-state index >= 15 is 0 Å². The minimum atomic E-state index is -3.97. The Morgan fingerprint density at radius 2 is 1.83 bits per heavy atom. The quantitative estimate of drug-likeness (QED) is 0.829. The number of hydrogen-bond acceptors (Lipinski definition) is 4. The van der Waals surface area contributed by atoms with Gasteiger partial charge in [0.2, 0.25) is 10.0 Å². The molecule has 23 heavy (non-hydrogen) atoms. The lowest BCUT2D eigenvalue weighted by atomic mass is 9.97. The number of rotatable bonds is 5. The van der Waals surface area contributed by atoms with E-state index in [2.05, 4.69) is 0 Å². The lowest BCUT2D eigenvalue weighted by Gasteiger charge is -2.37. The number of benzene rings is 1. The molecule has 0 spiro atoms. The molecule has 8 heteroatoms. The van der Waals surface area contributed by atoms with Crippen molar-refractivity contribution in [1.82, 2.24) is 4.31 Å². The van der Waals surface area contributed by atoms with Crippen LogP contribution in [0.4, 0.5) is 0 Å². The van der Waals surface area contributed by atoms with E-state index in [0.717, 1.165) is 4.31 Å². The molecule has 1 aromatic rings. The van der Waals surface area contributed by atoms with Gasteiger partial charge in [0.05, 0.1) is 11.3 Å². The number of aliphatic carboxylic acids is 2. The minimum absolute atomic E-state index is 0.0188. The highest BCUT2D eigenvalue weighted by Crippen LogP contribution is 2.33. The molecular formula is C15H19NO6S. The second-order valence-corrected chi connectivity index (χ2v) is 7.60. The van der Waals surface area contributed by atoms with Gasteiger partial charge in [-0.05, 0) is 49.4 Å². The first-order valence-electron chi connectivity index (χ1n) is 7.13. The highest BCUT2D eigenvalue weighted by atomic mass is 32.2. The highest BCUT2D eigenvalue weighted by Gasteiger charge is 2.44. The third-order valence-corrected chi connectivity index (χ3v) is 6.41. The smallest absolute Gasteiger partial charge is 0.322 e. The molecule has 0 bridgehead atoms. The van der Waals surface area contributed by atoms with Gasteiger partial charge in [-0.15, -0.1) is 0 Å². The van der Waals surface area contributed by atoms with Crippen molar-refractivity contribution in [2.45, 2.75) is 44.6 Å². The summed E-state index contributed by atoms with van der Waals surface area (Å²) in [6.07, 6.45) is 0.00330. The molecule has 1 saturated heterocycles. The zero-order chi connectivity index (χ0) is 17.5. The zero-order valence-electron chi connectivity index (χ0n) is 13.2. The molecule has 126 valence electrons. The Hall–Kier alpha value is -1.93. The summed E-state index contributed by atoms with van der Waals surface area (Å²) in [6.45, 7) is 5.09. The number of carboxylic acid groups (broad SMARTS) is 2. The van der Waals surface area contributed by atoms with Crippen LogP contribution in [0.1, 0.15) is 28.7 Å². The predicted octanol–water partition coefficient (Wildman–Crippen LogP) is 1.09. The fraction of sp³-hybridized carbons (Fsp3) is 0.467. The fourth-order valence-electron chi connectivity index (χ4n) is 3.04. The van der Waals surface area contributed by atoms with Crippen LogP contribution in [0.25, 0.3) is 0 Å². The molecule has 0 radical (unpaired) electrons. The molecule has 1 fully saturated rings. The van der Waals surface area contributed by atoms with Gasteiger partial charge in [0, 0.05) is 6.54 Å². The fourth-order valence-corrected chi connectivity index (χ4v) is 5.13. The summed E-state index contributed by atoms with van der Waals surface area (Å²) in [5.74, 6) is -2.22. The Morgan fingerprint density at radius 3 is 2.26 bits per heavy atom. The molecule has 0 amide bonds. The van der Waals surface area contributed by atoms with E-state index in [4.69, 9.17) is 10.2 Å². The van der Waals surface area contributed by atoms with Gasteiger partial charge in [0.25, 0.3) is 0 Å². The Labute approximate surface area is 134 Å². The molecule has 2 rings (SSSR count). The maximum absolute atomic E-state index is 12.8. The van der Waals surface area contributed by atoms with Gasteiger partial charge in [0.15, 0.2) is 0 Å². The summed E-state index contributed by atoms with van der Waals surface area (Å²) in [5, 5.41) is 18.1. The molecule has 1 aromatic carbocycles. The summed E-state index contributed by atoms with van der Waals surface area (Å²) in [4.78, 5) is 22.2. The number of aryl methyl sites for hydroxylation is 2. The van der Waals surface area contributed by atoms with E-state index in [1.165, 1.54) is 0 Å². The maximum atomic E-state index is 12.8. The summed E-state index contributed by atoms with van der Waals surface area (Å²) >= 11 is 0. The van der Waals surface area contributed by atoms with Crippen molar-refractivity contribution in [3.8, 4) is 0 Å². The van der Waals surface area contributed by atoms with Crippen LogP contribution in [-0.4, -0.2) is 47.5 Å². The Morgan fingerprint density at radius 1 is 1.22 bits per heavy atom. The van der Waals surface area contributed by atoms with Gasteiger partial charge in [-0.25, -0.2) is 8.42 Å². The van der Waals surface area contributed by atoms with Gasteiger partial charge in [-0.2, -0.15) is 4.31 Å². The molecule has 0 saturated carbocycles. The summed E-state index contributed by atoms with van der Waals surface area (Å²) in [6, 6.07) is 0.580. The number of nitrogens with zero attached hydrogens (tertiary/aromatic N) is 1. The van der Waals surface area contributed by atoms with Crippen LogP contribution < -0.4 is 0 Å². The van der Waals surface area contributed by atoms with E-state index in [1.807, 2.05) is 0 Å². The second kappa shape index (κ2) is 5.93. The number of carbonyl (C=O) groups is 2. The maximum Gasteiger partial charge on any atom is 0.322 e. The topological polar surface area (TPSA) is 112 Å². The molecule has 1 aliphatic heterocycles. The van der Waals surface area contributed by atoms with Crippen LogP contribution in [0.5, 0.6) is 0 Å². The molecule has 1 atom stereocenters. The van der Waals surface area contributed by atoms with E-state index in [1.54, 1.807) is 26.8 Å². The van der Waals surface area contributed by atoms with Crippen molar-refractivity contribution in [3.63, 3.8) is 0 Å². The van der Waals surface area contributed by atoms with Gasteiger partial charge in [-0.3, -0.25) is 9.59 Å². The van der Waals surface area contributed by atoms with Crippen molar-refractivity contribution in [2.24, 2.45) is 0 Å². The van der Waals surface area contributed by atoms with Crippen LogP contribution in [0, 0.1) is 20.8 Å². The molecule has 2 N–H and O–H groups in total. The average Bonchev–Trinajstić information content (AvgIpc) is 2.30. The van der Waals surface area contributed by atoms with E-state index < -0.39 is 28.0 Å². The number of carboxylic acids is 2. The Kier molecular flexibility index (Phi) is 4.50. The first-order valence-corrected chi connectivity index (χ1v) is 8.57. The summed E-state index contributed by atoms with van der Waals surface area (Å²) < 4.78 is 26.6. The van der Waals surface area contributed by atoms with Crippen molar-refractivity contribution in [3.05, 3.63) is 28.3 Å². The normalized spacial score (nSPS) is 18.5. The number of hydrogen-bond donors (Lipinski definition) is 2. The second-order valence-electron chi connectivity index (χ2n) is 5.77. The summed E-state index contributed by atoms with van der Waals surface area (Å²) in [7, 11) is -3.97. The van der Waals surface area contributed by atoms with Crippen molar-refractivity contribution >= 4 is 22.0 Å². The van der Waals surface area contributed by atoms with Crippen LogP contribution in [-0.2, 0) is 26.0 Å². The van der Waals surface area contributed by atoms with E-state index in [0.29, 0.717) is 22.3 Å². The van der Waals surface area contributed by atoms with Gasteiger partial charge in [-0.1, -0.05) is 6.07 Å². The highest BCUT2D eigenvalue weighted by molar-refractivity contribution is 7.89. The van der Waals surface area contributed by atoms with Crippen LogP contribution in [0.3, 0.4) is 0 Å². The average molecular weight is 341 g/mol. The van der Waals surface area contributed by atoms with Gasteiger partial charge in [0.1, 0.15) is 6.04 Å².